The van der Waals surface area contributed by atoms with Crippen LogP contribution in [0.5, 0.6) is 0 Å². The number of benzene rings is 1. The summed E-state index contributed by atoms with van der Waals surface area (Å²) in [6.45, 7) is 7.76. The van der Waals surface area contributed by atoms with E-state index in [1.807, 2.05) is 0 Å². The molecule has 0 heterocycles. The van der Waals surface area contributed by atoms with Crippen molar-refractivity contribution in [3.8, 4) is 11.8 Å². The second-order valence-corrected chi connectivity index (χ2v) is 6.44. The zero-order valence-corrected chi connectivity index (χ0v) is 15.4. The number of hydrogen-bond acceptors (Lipinski definition) is 1. The van der Waals surface area contributed by atoms with E-state index in [1.54, 1.807) is 0 Å². The molecule has 0 saturated heterocycles. The molecule has 0 amide bonds. The van der Waals surface area contributed by atoms with E-state index in [0.29, 0.717) is 13.2 Å². The molecule has 0 unspecified atom stereocenters. The molecule has 0 aromatic heterocycles. The first-order valence-electron chi connectivity index (χ1n) is 9.34. The van der Waals surface area contributed by atoms with E-state index < -0.39 is 0 Å². The average Bonchev–Trinajstić information content (AvgIpc) is 2.54. The van der Waals surface area contributed by atoms with Gasteiger partial charge in [0.2, 0.25) is 0 Å². The van der Waals surface area contributed by atoms with E-state index in [4.69, 9.17) is 4.74 Å². The van der Waals surface area contributed by atoms with Gasteiger partial charge >= 0.3 is 0 Å². The fraction of sp³-hybridized carbons (Fsp3) is 0.636. The maximum Gasteiger partial charge on any atom is 0.108 e. The van der Waals surface area contributed by atoms with E-state index in [2.05, 4.69) is 50.8 Å². The molecule has 1 heteroatoms. The van der Waals surface area contributed by atoms with Gasteiger partial charge in [-0.3, -0.25) is 0 Å². The quantitative estimate of drug-likeness (QED) is 0.341. The fourth-order valence-electron chi connectivity index (χ4n) is 2.77. The Balaban J connectivity index is 2.00. The van der Waals surface area contributed by atoms with Crippen molar-refractivity contribution in [1.29, 1.82) is 0 Å². The molecule has 0 atom stereocenters. The lowest BCUT2D eigenvalue weighted by atomic mass is 10.0. The van der Waals surface area contributed by atoms with Crippen LogP contribution in [-0.4, -0.2) is 6.61 Å². The topological polar surface area (TPSA) is 9.23 Å². The Labute approximate surface area is 143 Å². The molecule has 0 saturated carbocycles. The Morgan fingerprint density at radius 1 is 0.826 bits per heavy atom. The van der Waals surface area contributed by atoms with Crippen molar-refractivity contribution in [2.24, 2.45) is 0 Å². The second kappa shape index (κ2) is 13.2. The molecule has 1 nitrogen and oxygen atoms in total. The highest BCUT2D eigenvalue weighted by molar-refractivity contribution is 5.32. The zero-order chi connectivity index (χ0) is 16.8. The highest BCUT2D eigenvalue weighted by atomic mass is 16.5. The third kappa shape index (κ3) is 9.47. The molecule has 23 heavy (non-hydrogen) atoms. The minimum Gasteiger partial charge on any atom is -0.364 e. The van der Waals surface area contributed by atoms with Gasteiger partial charge in [0.05, 0.1) is 6.61 Å². The summed E-state index contributed by atoms with van der Waals surface area (Å²) in [5, 5.41) is 0. The van der Waals surface area contributed by atoms with Crippen LogP contribution in [0.15, 0.2) is 18.2 Å². The van der Waals surface area contributed by atoms with Crippen molar-refractivity contribution in [3.05, 3.63) is 34.9 Å². The van der Waals surface area contributed by atoms with E-state index in [0.717, 1.165) is 6.42 Å². The van der Waals surface area contributed by atoms with Crippen LogP contribution in [0.2, 0.25) is 0 Å². The summed E-state index contributed by atoms with van der Waals surface area (Å²) in [7, 11) is 0. The molecule has 1 aromatic carbocycles. The smallest absolute Gasteiger partial charge is 0.108 e. The number of aryl methyl sites for hydroxylation is 2. The molecule has 0 aliphatic rings. The second-order valence-electron chi connectivity index (χ2n) is 6.44. The Morgan fingerprint density at radius 2 is 1.43 bits per heavy atom. The van der Waals surface area contributed by atoms with Crippen LogP contribution < -0.4 is 0 Å². The van der Waals surface area contributed by atoms with Gasteiger partial charge < -0.3 is 4.74 Å². The fourth-order valence-corrected chi connectivity index (χ4v) is 2.77. The normalized spacial score (nSPS) is 10.4. The highest BCUT2D eigenvalue weighted by Gasteiger charge is 2.00. The maximum absolute atomic E-state index is 5.69. The lowest BCUT2D eigenvalue weighted by Gasteiger charge is -2.08. The number of hydrogen-bond donors (Lipinski definition) is 0. The lowest BCUT2D eigenvalue weighted by Crippen LogP contribution is -1.98. The lowest BCUT2D eigenvalue weighted by molar-refractivity contribution is 0.152. The maximum atomic E-state index is 5.69. The first-order chi connectivity index (χ1) is 11.3. The van der Waals surface area contributed by atoms with Gasteiger partial charge in [-0.25, -0.2) is 0 Å². The van der Waals surface area contributed by atoms with Crippen molar-refractivity contribution in [3.63, 3.8) is 0 Å². The van der Waals surface area contributed by atoms with E-state index >= 15 is 0 Å². The molecular formula is C22H34O. The predicted octanol–water partition coefficient (Wildman–Crippen LogP) is 6.35. The highest BCUT2D eigenvalue weighted by Crippen LogP contribution is 2.14. The van der Waals surface area contributed by atoms with Crippen molar-refractivity contribution < 1.29 is 4.74 Å². The van der Waals surface area contributed by atoms with Crippen molar-refractivity contribution in [2.45, 2.75) is 85.2 Å². The van der Waals surface area contributed by atoms with E-state index in [9.17, 15) is 0 Å². The zero-order valence-electron chi connectivity index (χ0n) is 15.4. The van der Waals surface area contributed by atoms with Crippen LogP contribution >= 0.6 is 0 Å². The van der Waals surface area contributed by atoms with Crippen LogP contribution in [-0.2, 0) is 11.3 Å². The summed E-state index contributed by atoms with van der Waals surface area (Å²) in [6.07, 6.45) is 11.9. The SMILES string of the molecule is CCCCCCCCCCC#CCOCc1c(C)cccc1C. The van der Waals surface area contributed by atoms with E-state index in [1.165, 1.54) is 68.1 Å². The Kier molecular flexibility index (Phi) is 11.4. The average molecular weight is 315 g/mol. The molecule has 0 fully saturated rings. The minimum absolute atomic E-state index is 0.546. The largest absolute Gasteiger partial charge is 0.364 e. The van der Waals surface area contributed by atoms with Crippen LogP contribution in [0.1, 0.15) is 81.4 Å². The third-order valence-corrected chi connectivity index (χ3v) is 4.35. The first-order valence-corrected chi connectivity index (χ1v) is 9.34. The number of rotatable bonds is 11. The summed E-state index contributed by atoms with van der Waals surface area (Å²) in [5.74, 6) is 6.38. The van der Waals surface area contributed by atoms with Gasteiger partial charge in [0.1, 0.15) is 6.61 Å². The summed E-state index contributed by atoms with van der Waals surface area (Å²) in [5.41, 5.74) is 3.91. The standard InChI is InChI=1S/C22H34O/c1-4-5-6-7-8-9-10-11-12-13-14-18-23-19-22-20(2)16-15-17-21(22)3/h15-17H,4-12,18-19H2,1-3H3. The van der Waals surface area contributed by atoms with Gasteiger partial charge in [0.15, 0.2) is 0 Å². The first kappa shape index (κ1) is 19.8. The van der Waals surface area contributed by atoms with Crippen molar-refractivity contribution in [1.82, 2.24) is 0 Å². The van der Waals surface area contributed by atoms with Crippen LogP contribution in [0.3, 0.4) is 0 Å². The Bertz CT molecular complexity index is 458. The van der Waals surface area contributed by atoms with Gasteiger partial charge in [-0.2, -0.15) is 0 Å². The summed E-state index contributed by atoms with van der Waals surface area (Å²) in [6, 6.07) is 6.37. The van der Waals surface area contributed by atoms with Gasteiger partial charge in [0, 0.05) is 6.42 Å². The van der Waals surface area contributed by atoms with Gasteiger partial charge in [-0.1, -0.05) is 76.0 Å². The molecule has 0 radical (unpaired) electrons. The molecular weight excluding hydrogens is 280 g/mol. The van der Waals surface area contributed by atoms with Gasteiger partial charge in [0.25, 0.3) is 0 Å². The molecule has 0 aliphatic carbocycles. The monoisotopic (exact) mass is 314 g/mol. The van der Waals surface area contributed by atoms with Crippen molar-refractivity contribution in [2.75, 3.05) is 6.61 Å². The number of unbranched alkanes of at least 4 members (excludes halogenated alkanes) is 8. The summed E-state index contributed by atoms with van der Waals surface area (Å²) < 4.78 is 5.69. The van der Waals surface area contributed by atoms with E-state index in [-0.39, 0.29) is 0 Å². The summed E-state index contributed by atoms with van der Waals surface area (Å²) >= 11 is 0. The van der Waals surface area contributed by atoms with Gasteiger partial charge in [-0.15, -0.1) is 5.92 Å². The molecule has 1 rings (SSSR count). The van der Waals surface area contributed by atoms with Crippen molar-refractivity contribution >= 4 is 0 Å². The predicted molar refractivity (Wildman–Crippen MR) is 101 cm³/mol. The molecule has 1 aromatic rings. The summed E-state index contributed by atoms with van der Waals surface area (Å²) in [4.78, 5) is 0. The van der Waals surface area contributed by atoms with Gasteiger partial charge in [-0.05, 0) is 37.0 Å². The van der Waals surface area contributed by atoms with Crippen LogP contribution in [0, 0.1) is 25.7 Å². The third-order valence-electron chi connectivity index (χ3n) is 4.35. The molecule has 0 N–H and O–H groups in total. The van der Waals surface area contributed by atoms with Crippen LogP contribution in [0.4, 0.5) is 0 Å². The minimum atomic E-state index is 0.546. The molecule has 0 aliphatic heterocycles. The Morgan fingerprint density at radius 3 is 2.09 bits per heavy atom. The Hall–Kier alpha value is -1.26. The molecule has 0 spiro atoms. The molecule has 128 valence electrons. The van der Waals surface area contributed by atoms with Crippen LogP contribution in [0.25, 0.3) is 0 Å². The molecule has 0 bridgehead atoms. The number of ether oxygens (including phenoxy) is 1.